The number of ether oxygens (including phenoxy) is 1. The molecule has 5 rings (SSSR count). The minimum atomic E-state index is -0.691. The average Bonchev–Trinajstić information content (AvgIpc) is 3.46. The van der Waals surface area contributed by atoms with Crippen LogP contribution in [0.25, 0.3) is 21.6 Å². The van der Waals surface area contributed by atoms with Gasteiger partial charge in [0.1, 0.15) is 17.8 Å². The van der Waals surface area contributed by atoms with Crippen molar-refractivity contribution in [3.05, 3.63) is 71.5 Å². The number of fused-ring (bicyclic) bond motifs is 1. The fourth-order valence-electron chi connectivity index (χ4n) is 3.81. The van der Waals surface area contributed by atoms with Gasteiger partial charge in [-0.1, -0.05) is 30.3 Å². The summed E-state index contributed by atoms with van der Waals surface area (Å²) < 4.78 is 7.62. The average molecular weight is 407 g/mol. The first-order valence-electron chi connectivity index (χ1n) is 9.62. The van der Waals surface area contributed by atoms with Crippen LogP contribution in [0.2, 0.25) is 0 Å². The molecule has 1 aliphatic heterocycles. The fourth-order valence-corrected chi connectivity index (χ4v) is 4.88. The summed E-state index contributed by atoms with van der Waals surface area (Å²) in [5.41, 5.74) is 3.86. The molecule has 29 heavy (non-hydrogen) atoms. The molecule has 0 aliphatic carbocycles. The van der Waals surface area contributed by atoms with Crippen LogP contribution in [0.1, 0.15) is 23.1 Å². The molecule has 1 aromatic carbocycles. The number of benzene rings is 1. The first kappa shape index (κ1) is 18.4. The van der Waals surface area contributed by atoms with Crippen LogP contribution < -0.4 is 0 Å². The van der Waals surface area contributed by atoms with Crippen LogP contribution in [0.5, 0.6) is 0 Å². The van der Waals surface area contributed by atoms with Gasteiger partial charge in [-0.15, -0.1) is 11.3 Å². The van der Waals surface area contributed by atoms with Crippen molar-refractivity contribution in [1.29, 1.82) is 0 Å². The minimum absolute atomic E-state index is 0.206. The third kappa shape index (κ3) is 3.47. The van der Waals surface area contributed by atoms with Gasteiger partial charge in [0.05, 0.1) is 19.0 Å². The summed E-state index contributed by atoms with van der Waals surface area (Å²) in [6.45, 7) is -0.206. The van der Waals surface area contributed by atoms with Crippen LogP contribution in [0.4, 0.5) is 0 Å². The third-order valence-electron chi connectivity index (χ3n) is 5.30. The molecule has 148 valence electrons. The largest absolute Gasteiger partial charge is 0.394 e. The van der Waals surface area contributed by atoms with E-state index in [1.54, 1.807) is 23.9 Å². The van der Waals surface area contributed by atoms with Crippen LogP contribution in [0.3, 0.4) is 0 Å². The van der Waals surface area contributed by atoms with E-state index >= 15 is 0 Å². The number of aromatic nitrogens is 3. The first-order chi connectivity index (χ1) is 14.2. The maximum atomic E-state index is 10.0. The van der Waals surface area contributed by atoms with E-state index in [1.165, 1.54) is 10.4 Å². The van der Waals surface area contributed by atoms with E-state index in [9.17, 15) is 10.2 Å². The molecule has 1 fully saturated rings. The highest BCUT2D eigenvalue weighted by Crippen LogP contribution is 2.36. The molecule has 2 N–H and O–H groups in total. The molecule has 4 aromatic rings. The zero-order valence-electron chi connectivity index (χ0n) is 15.7. The van der Waals surface area contributed by atoms with Crippen molar-refractivity contribution >= 4 is 22.5 Å². The van der Waals surface area contributed by atoms with Gasteiger partial charge < -0.3 is 14.9 Å². The normalized spacial score (nSPS) is 21.8. The predicted octanol–water partition coefficient (Wildman–Crippen LogP) is 3.39. The Balaban J connectivity index is 1.46. The topological polar surface area (TPSA) is 80.4 Å². The second-order valence-electron chi connectivity index (χ2n) is 7.23. The molecule has 4 heterocycles. The smallest absolute Gasteiger partial charge is 0.162 e. The molecule has 6 nitrogen and oxygen atoms in total. The van der Waals surface area contributed by atoms with E-state index in [-0.39, 0.29) is 12.8 Å². The summed E-state index contributed by atoms with van der Waals surface area (Å²) in [6.07, 6.45) is 3.15. The number of nitrogens with zero attached hydrogens (tertiary/aromatic N) is 3. The Bertz CT molecular complexity index is 1120. The molecule has 7 heteroatoms. The lowest BCUT2D eigenvalue weighted by Gasteiger charge is -2.13. The summed E-state index contributed by atoms with van der Waals surface area (Å²) >= 11 is 1.76. The van der Waals surface area contributed by atoms with E-state index < -0.39 is 12.2 Å². The van der Waals surface area contributed by atoms with Gasteiger partial charge in [0.25, 0.3) is 0 Å². The lowest BCUT2D eigenvalue weighted by Crippen LogP contribution is -2.24. The fraction of sp³-hybridized carbons (Fsp3) is 0.273. The molecule has 0 unspecified atom stereocenters. The number of aliphatic hydroxyl groups excluding tert-OH is 2. The molecular formula is C22H21N3O3S. The number of imidazole rings is 1. The number of aliphatic hydroxyl groups is 2. The van der Waals surface area contributed by atoms with Gasteiger partial charge in [-0.2, -0.15) is 0 Å². The van der Waals surface area contributed by atoms with Crippen LogP contribution in [0.15, 0.2) is 61.1 Å². The summed E-state index contributed by atoms with van der Waals surface area (Å²) in [4.78, 5) is 11.5. The Morgan fingerprint density at radius 3 is 2.76 bits per heavy atom. The zero-order chi connectivity index (χ0) is 19.8. The lowest BCUT2D eigenvalue weighted by molar-refractivity contribution is -0.0432. The van der Waals surface area contributed by atoms with Gasteiger partial charge in [-0.05, 0) is 23.8 Å². The standard InChI is InChI=1S/C22H21N3O3S/c26-12-18-17(27)11-20(28-18)25-13-24-21-16(8-9-23-22(21)25)19-7-6-15(29-19)10-14-4-2-1-3-5-14/h1-9,13,17-18,20,26-27H,10-12H2/t17-,18-,20-/m1/s1. The van der Waals surface area contributed by atoms with Gasteiger partial charge in [0.15, 0.2) is 5.65 Å². The molecule has 1 aliphatic rings. The predicted molar refractivity (Wildman–Crippen MR) is 112 cm³/mol. The van der Waals surface area contributed by atoms with E-state index in [1.807, 2.05) is 16.7 Å². The highest BCUT2D eigenvalue weighted by molar-refractivity contribution is 7.15. The minimum Gasteiger partial charge on any atom is -0.394 e. The molecule has 0 spiro atoms. The third-order valence-corrected chi connectivity index (χ3v) is 6.42. The van der Waals surface area contributed by atoms with Crippen molar-refractivity contribution in [3.63, 3.8) is 0 Å². The molecule has 0 bridgehead atoms. The number of rotatable bonds is 5. The van der Waals surface area contributed by atoms with Crippen molar-refractivity contribution < 1.29 is 14.9 Å². The number of hydrogen-bond acceptors (Lipinski definition) is 6. The monoisotopic (exact) mass is 407 g/mol. The second-order valence-corrected chi connectivity index (χ2v) is 8.39. The van der Waals surface area contributed by atoms with Gasteiger partial charge in [-0.25, -0.2) is 9.97 Å². The Kier molecular flexibility index (Phi) is 4.89. The van der Waals surface area contributed by atoms with Crippen molar-refractivity contribution in [2.24, 2.45) is 0 Å². The zero-order valence-corrected chi connectivity index (χ0v) is 16.5. The van der Waals surface area contributed by atoms with Crippen LogP contribution in [0, 0.1) is 0 Å². The van der Waals surface area contributed by atoms with Crippen LogP contribution in [-0.2, 0) is 11.2 Å². The number of thiophene rings is 1. The molecule has 3 aromatic heterocycles. The first-order valence-corrected chi connectivity index (χ1v) is 10.4. The number of hydrogen-bond donors (Lipinski definition) is 2. The molecule has 0 amide bonds. The van der Waals surface area contributed by atoms with E-state index in [4.69, 9.17) is 4.74 Å². The summed E-state index contributed by atoms with van der Waals surface area (Å²) in [6, 6.07) is 16.7. The van der Waals surface area contributed by atoms with Crippen LogP contribution >= 0.6 is 11.3 Å². The molecule has 0 radical (unpaired) electrons. The quantitative estimate of drug-likeness (QED) is 0.530. The van der Waals surface area contributed by atoms with Crippen molar-refractivity contribution in [2.45, 2.75) is 31.3 Å². The van der Waals surface area contributed by atoms with E-state index in [0.29, 0.717) is 6.42 Å². The van der Waals surface area contributed by atoms with Gasteiger partial charge in [0.2, 0.25) is 0 Å². The van der Waals surface area contributed by atoms with Gasteiger partial charge >= 0.3 is 0 Å². The maximum Gasteiger partial charge on any atom is 0.162 e. The maximum absolute atomic E-state index is 10.0. The van der Waals surface area contributed by atoms with Crippen molar-refractivity contribution in [1.82, 2.24) is 14.5 Å². The summed E-state index contributed by atoms with van der Waals surface area (Å²) in [5, 5.41) is 19.4. The Morgan fingerprint density at radius 2 is 1.97 bits per heavy atom. The summed E-state index contributed by atoms with van der Waals surface area (Å²) in [5.74, 6) is 0. The van der Waals surface area contributed by atoms with E-state index in [2.05, 4.69) is 46.4 Å². The van der Waals surface area contributed by atoms with Crippen molar-refractivity contribution in [3.8, 4) is 10.4 Å². The highest BCUT2D eigenvalue weighted by Gasteiger charge is 2.35. The lowest BCUT2D eigenvalue weighted by atomic mass is 10.1. The molecule has 1 saturated heterocycles. The second kappa shape index (κ2) is 7.68. The Hall–Kier alpha value is -2.58. The van der Waals surface area contributed by atoms with Gasteiger partial charge in [0, 0.05) is 34.4 Å². The SMILES string of the molecule is OC[C@H]1O[C@@H](n2cnc3c(-c4ccc(Cc5ccccc5)s4)ccnc32)C[C@H]1O. The molecular weight excluding hydrogens is 386 g/mol. The Morgan fingerprint density at radius 1 is 1.10 bits per heavy atom. The van der Waals surface area contributed by atoms with Crippen LogP contribution in [-0.4, -0.2) is 43.6 Å². The molecule has 0 saturated carbocycles. The van der Waals surface area contributed by atoms with E-state index in [0.717, 1.165) is 28.0 Å². The summed E-state index contributed by atoms with van der Waals surface area (Å²) in [7, 11) is 0. The van der Waals surface area contributed by atoms with Gasteiger partial charge in [-0.3, -0.25) is 4.57 Å². The molecule has 3 atom stereocenters. The number of pyridine rings is 1. The Labute approximate surface area is 172 Å². The highest BCUT2D eigenvalue weighted by atomic mass is 32.1. The van der Waals surface area contributed by atoms with Crippen molar-refractivity contribution in [2.75, 3.05) is 6.61 Å².